The van der Waals surface area contributed by atoms with Crippen molar-refractivity contribution in [3.8, 4) is 5.75 Å². The van der Waals surface area contributed by atoms with E-state index in [0.29, 0.717) is 5.75 Å². The number of ether oxygens (including phenoxy) is 2. The smallest absolute Gasteiger partial charge is 0.323 e. The third-order valence-electron chi connectivity index (χ3n) is 2.60. The molecule has 1 rings (SSSR count). The number of rotatable bonds is 8. The van der Waals surface area contributed by atoms with Gasteiger partial charge in [-0.05, 0) is 37.2 Å². The number of esters is 1. The Morgan fingerprint density at radius 3 is 2.53 bits per heavy atom. The van der Waals surface area contributed by atoms with Gasteiger partial charge in [0.25, 0.3) is 0 Å². The summed E-state index contributed by atoms with van der Waals surface area (Å²) in [5.74, 6) is 1.27. The Balaban J connectivity index is 2.51. The molecule has 0 heterocycles. The van der Waals surface area contributed by atoms with Crippen LogP contribution < -0.4 is 10.1 Å². The molecule has 0 saturated heterocycles. The van der Waals surface area contributed by atoms with Crippen LogP contribution in [0.3, 0.4) is 0 Å². The molecule has 0 amide bonds. The number of carbonyl (C=O) groups excluding carboxylic acids is 1. The first kappa shape index (κ1) is 15.9. The molecule has 1 aromatic rings. The number of thioether (sulfide) groups is 1. The van der Waals surface area contributed by atoms with Crippen molar-refractivity contribution in [2.75, 3.05) is 26.5 Å². The summed E-state index contributed by atoms with van der Waals surface area (Å²) in [5, 5.41) is 3.19. The van der Waals surface area contributed by atoms with Gasteiger partial charge in [-0.15, -0.1) is 11.8 Å². The lowest BCUT2D eigenvalue weighted by atomic mass is 10.3. The van der Waals surface area contributed by atoms with Gasteiger partial charge in [0, 0.05) is 10.6 Å². The van der Waals surface area contributed by atoms with Crippen molar-refractivity contribution in [2.45, 2.75) is 24.3 Å². The first-order valence-corrected chi connectivity index (χ1v) is 7.27. The van der Waals surface area contributed by atoms with Crippen molar-refractivity contribution in [3.05, 3.63) is 24.3 Å². The van der Waals surface area contributed by atoms with E-state index in [1.807, 2.05) is 24.3 Å². The second-order valence-corrected chi connectivity index (χ2v) is 5.11. The Morgan fingerprint density at radius 2 is 2.00 bits per heavy atom. The first-order chi connectivity index (χ1) is 9.21. The molecule has 0 fully saturated rings. The van der Waals surface area contributed by atoms with Gasteiger partial charge in [0.2, 0.25) is 0 Å². The summed E-state index contributed by atoms with van der Waals surface area (Å²) in [5.41, 5.74) is 0. The van der Waals surface area contributed by atoms with Gasteiger partial charge in [0.1, 0.15) is 11.8 Å². The van der Waals surface area contributed by atoms with Crippen molar-refractivity contribution < 1.29 is 14.3 Å². The van der Waals surface area contributed by atoms with Gasteiger partial charge in [-0.25, -0.2) is 0 Å². The number of benzene rings is 1. The predicted octanol–water partition coefficient (Wildman–Crippen LogP) is 2.33. The van der Waals surface area contributed by atoms with Gasteiger partial charge in [-0.1, -0.05) is 6.92 Å². The van der Waals surface area contributed by atoms with Crippen LogP contribution in [-0.4, -0.2) is 38.5 Å². The van der Waals surface area contributed by atoms with E-state index in [2.05, 4.69) is 12.2 Å². The zero-order valence-corrected chi connectivity index (χ0v) is 12.5. The summed E-state index contributed by atoms with van der Waals surface area (Å²) < 4.78 is 9.91. The fourth-order valence-corrected chi connectivity index (χ4v) is 2.46. The average molecular weight is 283 g/mol. The fraction of sp³-hybridized carbons (Fsp3) is 0.500. The minimum absolute atomic E-state index is 0.213. The third kappa shape index (κ3) is 5.53. The van der Waals surface area contributed by atoms with Crippen LogP contribution in [0.25, 0.3) is 0 Å². The molecule has 1 unspecified atom stereocenters. The molecular formula is C14H21NO3S. The highest BCUT2D eigenvalue weighted by Crippen LogP contribution is 2.22. The maximum atomic E-state index is 11.6. The van der Waals surface area contributed by atoms with Crippen molar-refractivity contribution in [1.82, 2.24) is 5.32 Å². The molecule has 106 valence electrons. The Labute approximate surface area is 118 Å². The topological polar surface area (TPSA) is 47.6 Å². The molecule has 0 spiro atoms. The summed E-state index contributed by atoms with van der Waals surface area (Å²) in [4.78, 5) is 12.7. The van der Waals surface area contributed by atoms with Gasteiger partial charge in [-0.2, -0.15) is 0 Å². The van der Waals surface area contributed by atoms with Crippen molar-refractivity contribution >= 4 is 17.7 Å². The summed E-state index contributed by atoms with van der Waals surface area (Å²) in [6.07, 6.45) is 0.987. The molecule has 0 aromatic heterocycles. The minimum atomic E-state index is -0.267. The molecule has 0 radical (unpaired) electrons. The second kappa shape index (κ2) is 8.82. The molecule has 4 nitrogen and oxygen atoms in total. The molecule has 19 heavy (non-hydrogen) atoms. The number of hydrogen-bond acceptors (Lipinski definition) is 5. The number of hydrogen-bond donors (Lipinski definition) is 1. The van der Waals surface area contributed by atoms with E-state index in [1.54, 1.807) is 18.9 Å². The van der Waals surface area contributed by atoms with Gasteiger partial charge >= 0.3 is 5.97 Å². The van der Waals surface area contributed by atoms with E-state index >= 15 is 0 Å². The lowest BCUT2D eigenvalue weighted by Crippen LogP contribution is -2.40. The molecule has 0 aliphatic rings. The van der Waals surface area contributed by atoms with Gasteiger partial charge in [-0.3, -0.25) is 4.79 Å². The van der Waals surface area contributed by atoms with E-state index in [0.717, 1.165) is 23.6 Å². The normalized spacial score (nSPS) is 11.9. The quantitative estimate of drug-likeness (QED) is 0.586. The zero-order valence-electron chi connectivity index (χ0n) is 11.6. The Kier molecular flexibility index (Phi) is 7.36. The Morgan fingerprint density at radius 1 is 1.32 bits per heavy atom. The standard InChI is InChI=1S/C14H21NO3S/c1-4-9-15-13(14(16)18-3)10-19-12-7-5-11(17-2)6-8-12/h5-8,13,15H,4,9-10H2,1-3H3. The van der Waals surface area contributed by atoms with Crippen LogP contribution in [0.5, 0.6) is 5.75 Å². The van der Waals surface area contributed by atoms with Gasteiger partial charge in [0.15, 0.2) is 0 Å². The van der Waals surface area contributed by atoms with E-state index in [4.69, 9.17) is 9.47 Å². The second-order valence-electron chi connectivity index (χ2n) is 4.02. The first-order valence-electron chi connectivity index (χ1n) is 6.29. The molecule has 1 atom stereocenters. The highest BCUT2D eigenvalue weighted by molar-refractivity contribution is 7.99. The van der Waals surface area contributed by atoms with Crippen molar-refractivity contribution in [2.24, 2.45) is 0 Å². The molecular weight excluding hydrogens is 262 g/mol. The van der Waals surface area contributed by atoms with Crippen molar-refractivity contribution in [1.29, 1.82) is 0 Å². The van der Waals surface area contributed by atoms with Crippen LogP contribution in [0.4, 0.5) is 0 Å². The predicted molar refractivity (Wildman–Crippen MR) is 77.8 cm³/mol. The zero-order chi connectivity index (χ0) is 14.1. The van der Waals surface area contributed by atoms with Crippen LogP contribution >= 0.6 is 11.8 Å². The summed E-state index contributed by atoms with van der Waals surface area (Å²) >= 11 is 1.62. The van der Waals surface area contributed by atoms with Crippen LogP contribution in [-0.2, 0) is 9.53 Å². The molecule has 1 N–H and O–H groups in total. The average Bonchev–Trinajstić information content (AvgIpc) is 2.47. The Bertz CT molecular complexity index is 381. The Hall–Kier alpha value is -1.20. The summed E-state index contributed by atoms with van der Waals surface area (Å²) in [6.45, 7) is 2.88. The van der Waals surface area contributed by atoms with E-state index in [1.165, 1.54) is 7.11 Å². The SMILES string of the molecule is CCCNC(CSc1ccc(OC)cc1)C(=O)OC. The number of methoxy groups -OCH3 is 2. The largest absolute Gasteiger partial charge is 0.497 e. The van der Waals surface area contributed by atoms with Crippen LogP contribution in [0.15, 0.2) is 29.2 Å². The third-order valence-corrected chi connectivity index (χ3v) is 3.71. The fourth-order valence-electron chi connectivity index (χ4n) is 1.52. The monoisotopic (exact) mass is 283 g/mol. The lowest BCUT2D eigenvalue weighted by Gasteiger charge is -2.15. The lowest BCUT2D eigenvalue weighted by molar-refractivity contribution is -0.142. The maximum absolute atomic E-state index is 11.6. The van der Waals surface area contributed by atoms with E-state index < -0.39 is 0 Å². The number of carbonyl (C=O) groups is 1. The summed E-state index contributed by atoms with van der Waals surface area (Å²) in [7, 11) is 3.06. The molecule has 5 heteroatoms. The van der Waals surface area contributed by atoms with Crippen LogP contribution in [0.2, 0.25) is 0 Å². The van der Waals surface area contributed by atoms with E-state index in [9.17, 15) is 4.79 Å². The van der Waals surface area contributed by atoms with Crippen LogP contribution in [0.1, 0.15) is 13.3 Å². The molecule has 0 aliphatic heterocycles. The minimum Gasteiger partial charge on any atom is -0.497 e. The summed E-state index contributed by atoms with van der Waals surface area (Å²) in [6, 6.07) is 7.52. The molecule has 0 aliphatic carbocycles. The molecule has 0 bridgehead atoms. The highest BCUT2D eigenvalue weighted by Gasteiger charge is 2.18. The molecule has 1 aromatic carbocycles. The van der Waals surface area contributed by atoms with Gasteiger partial charge in [0.05, 0.1) is 14.2 Å². The van der Waals surface area contributed by atoms with Gasteiger partial charge < -0.3 is 14.8 Å². The van der Waals surface area contributed by atoms with E-state index in [-0.39, 0.29) is 12.0 Å². The molecule has 0 saturated carbocycles. The van der Waals surface area contributed by atoms with Crippen molar-refractivity contribution in [3.63, 3.8) is 0 Å². The highest BCUT2D eigenvalue weighted by atomic mass is 32.2. The van der Waals surface area contributed by atoms with Crippen LogP contribution in [0, 0.1) is 0 Å². The maximum Gasteiger partial charge on any atom is 0.323 e. The number of nitrogens with one attached hydrogen (secondary N) is 1.